The quantitative estimate of drug-likeness (QED) is 0.0536. The van der Waals surface area contributed by atoms with E-state index >= 15 is 0 Å². The van der Waals surface area contributed by atoms with Gasteiger partial charge in [-0.3, -0.25) is 9.13 Å². The molecule has 0 radical (unpaired) electrons. The summed E-state index contributed by atoms with van der Waals surface area (Å²) in [5.74, 6) is 3.32. The van der Waals surface area contributed by atoms with E-state index in [1.165, 1.54) is 0 Å². The monoisotopic (exact) mass is 1090 g/mol. The summed E-state index contributed by atoms with van der Waals surface area (Å²) in [6.07, 6.45) is 3.69. The minimum Gasteiger partial charge on any atom is -0.496 e. The number of aryl methyl sites for hydroxylation is 2. The highest BCUT2D eigenvalue weighted by Crippen LogP contribution is 2.36. The number of carbonyl (C=O) groups excluding carboxylic acids is 2. The Hall–Kier alpha value is -7.23. The predicted molar refractivity (Wildman–Crippen MR) is 310 cm³/mol. The Morgan fingerprint density at radius 1 is 0.590 bits per heavy atom. The zero-order chi connectivity index (χ0) is 57.1. The topological polar surface area (TPSA) is 186 Å². The van der Waals surface area contributed by atoms with E-state index in [4.69, 9.17) is 28.4 Å². The van der Waals surface area contributed by atoms with Gasteiger partial charge in [-0.25, -0.2) is 28.7 Å². The summed E-state index contributed by atoms with van der Waals surface area (Å²) in [5.41, 5.74) is 8.94. The van der Waals surface area contributed by atoms with Gasteiger partial charge in [0.1, 0.15) is 22.7 Å². The molecule has 4 aromatic carbocycles. The molecule has 0 aliphatic rings. The highest BCUT2D eigenvalue weighted by molar-refractivity contribution is 6.76. The van der Waals surface area contributed by atoms with Crippen LogP contribution in [0.25, 0.3) is 43.9 Å². The van der Waals surface area contributed by atoms with Gasteiger partial charge in [0, 0.05) is 75.8 Å². The summed E-state index contributed by atoms with van der Waals surface area (Å²) in [5, 5.41) is 20.8. The molecule has 0 aliphatic heterocycles. The lowest BCUT2D eigenvalue weighted by molar-refractivity contribution is -0.715. The molecule has 18 heteroatoms. The molecule has 0 amide bonds. The molecule has 0 aliphatic carbocycles. The molecule has 0 spiro atoms. The molecule has 16 nitrogen and oxygen atoms in total. The van der Waals surface area contributed by atoms with Gasteiger partial charge in [-0.05, 0) is 127 Å². The Bertz CT molecular complexity index is 3480. The standard InChI is InChI=1S/2C30H38N4O4Si/c1-20-15-26(36-5)23(22-11-12-33(28(20)22)29(35)38-30(2,3)4)17-27-32-24-16-21(18-31)9-10-25(24)34(27)19-37-13-14-39(6,7)8;1-20-15-26(36-5)23(22-11-12-33(28(20)22)29(35)38-30(2,3)4)17-27-32-24-10-9-21(18-31)16-25(24)34(27)19-37-13-14-39(6,7)8/h2*9-12,15-16H,13-14,17,19H2,1-8H3/p+2. The first kappa shape index (κ1) is 58.5. The zero-order valence-electron chi connectivity index (χ0n) is 48.5. The summed E-state index contributed by atoms with van der Waals surface area (Å²) in [7, 11) is 0.860. The molecule has 2 N–H and O–H groups in total. The van der Waals surface area contributed by atoms with Crippen LogP contribution in [0, 0.1) is 36.5 Å². The number of methoxy groups -OCH3 is 2. The third-order valence-electron chi connectivity index (χ3n) is 13.2. The number of aromatic nitrogens is 6. The molecule has 8 rings (SSSR count). The molecule has 4 aromatic heterocycles. The van der Waals surface area contributed by atoms with Crippen LogP contribution in [0.4, 0.5) is 9.59 Å². The van der Waals surface area contributed by atoms with E-state index in [2.05, 4.69) is 70.5 Å². The third kappa shape index (κ3) is 13.9. The molecule has 0 fully saturated rings. The molecule has 0 atom stereocenters. The van der Waals surface area contributed by atoms with Gasteiger partial charge in [0.05, 0.1) is 61.4 Å². The van der Waals surface area contributed by atoms with Crippen LogP contribution in [0.15, 0.2) is 73.1 Å². The second-order valence-electron chi connectivity index (χ2n) is 24.3. The van der Waals surface area contributed by atoms with E-state index < -0.39 is 39.5 Å². The van der Waals surface area contributed by atoms with Crippen molar-refractivity contribution in [2.45, 2.75) is 144 Å². The maximum Gasteiger partial charge on any atom is 0.419 e. The van der Waals surface area contributed by atoms with Gasteiger partial charge in [-0.15, -0.1) is 0 Å². The first-order valence-electron chi connectivity index (χ1n) is 26.5. The summed E-state index contributed by atoms with van der Waals surface area (Å²) in [6, 6.07) is 25.7. The number of fused-ring (bicyclic) bond motifs is 4. The smallest absolute Gasteiger partial charge is 0.419 e. The minimum absolute atomic E-state index is 0.366. The van der Waals surface area contributed by atoms with Gasteiger partial charge in [-0.2, -0.15) is 10.5 Å². The Morgan fingerprint density at radius 3 is 1.44 bits per heavy atom. The van der Waals surface area contributed by atoms with Crippen LogP contribution in [0.5, 0.6) is 11.5 Å². The fourth-order valence-corrected chi connectivity index (χ4v) is 10.9. The van der Waals surface area contributed by atoms with Gasteiger partial charge in [0.25, 0.3) is 11.6 Å². The highest BCUT2D eigenvalue weighted by atomic mass is 28.3. The normalized spacial score (nSPS) is 12.2. The van der Waals surface area contributed by atoms with Crippen molar-refractivity contribution in [3.63, 3.8) is 0 Å². The average Bonchev–Trinajstić information content (AvgIpc) is 4.22. The van der Waals surface area contributed by atoms with Crippen molar-refractivity contribution < 1.29 is 47.1 Å². The largest absolute Gasteiger partial charge is 0.496 e. The number of carbonyl (C=O) groups is 2. The van der Waals surface area contributed by atoms with Crippen LogP contribution >= 0.6 is 0 Å². The molecular weight excluding hydrogens is 1020 g/mol. The van der Waals surface area contributed by atoms with Crippen molar-refractivity contribution >= 4 is 72.2 Å². The Morgan fingerprint density at radius 2 is 1.01 bits per heavy atom. The van der Waals surface area contributed by atoms with Crippen molar-refractivity contribution in [3.8, 4) is 23.6 Å². The van der Waals surface area contributed by atoms with E-state index in [0.717, 1.165) is 101 Å². The van der Waals surface area contributed by atoms with Crippen LogP contribution in [0.3, 0.4) is 0 Å². The van der Waals surface area contributed by atoms with E-state index in [1.807, 2.05) is 116 Å². The molecule has 0 unspecified atom stereocenters. The fraction of sp³-hybridized carbons (Fsp3) is 0.433. The first-order valence-corrected chi connectivity index (χ1v) is 33.9. The maximum absolute atomic E-state index is 13.0. The zero-order valence-corrected chi connectivity index (χ0v) is 50.5. The van der Waals surface area contributed by atoms with Gasteiger partial charge in [0.15, 0.2) is 35.5 Å². The number of nitrogens with one attached hydrogen (secondary N) is 2. The number of aromatic amines is 2. The number of hydrogen-bond donors (Lipinski definition) is 2. The molecule has 0 bridgehead atoms. The van der Waals surface area contributed by atoms with Crippen molar-refractivity contribution in [1.29, 1.82) is 10.5 Å². The van der Waals surface area contributed by atoms with E-state index in [9.17, 15) is 20.1 Å². The van der Waals surface area contributed by atoms with E-state index in [1.54, 1.807) is 35.7 Å². The number of imidazole rings is 2. The summed E-state index contributed by atoms with van der Waals surface area (Å²) in [4.78, 5) is 33.1. The average molecular weight is 1100 g/mol. The Labute approximate surface area is 460 Å². The summed E-state index contributed by atoms with van der Waals surface area (Å²) >= 11 is 0. The predicted octanol–water partition coefficient (Wildman–Crippen LogP) is 12.6. The Balaban J connectivity index is 0.000000226. The molecule has 78 heavy (non-hydrogen) atoms. The number of hydrogen-bond acceptors (Lipinski definition) is 10. The lowest BCUT2D eigenvalue weighted by Gasteiger charge is -2.20. The van der Waals surface area contributed by atoms with Crippen LogP contribution in [0.2, 0.25) is 51.4 Å². The number of nitrogens with zero attached hydrogens (tertiary/aromatic N) is 6. The van der Waals surface area contributed by atoms with Crippen molar-refractivity contribution in [3.05, 3.63) is 118 Å². The van der Waals surface area contributed by atoms with Gasteiger partial charge in [0.2, 0.25) is 0 Å². The molecule has 0 saturated heterocycles. The number of nitriles is 2. The van der Waals surface area contributed by atoms with E-state index in [-0.39, 0.29) is 0 Å². The van der Waals surface area contributed by atoms with Crippen molar-refractivity contribution in [2.24, 2.45) is 0 Å². The van der Waals surface area contributed by atoms with Gasteiger partial charge < -0.3 is 28.4 Å². The highest BCUT2D eigenvalue weighted by Gasteiger charge is 2.29. The third-order valence-corrected chi connectivity index (χ3v) is 16.7. The number of rotatable bonds is 16. The molecule has 8 aromatic rings. The fourth-order valence-electron chi connectivity index (χ4n) is 9.37. The molecule has 412 valence electrons. The minimum atomic E-state index is -1.23. The second kappa shape index (κ2) is 23.4. The molecule has 0 saturated carbocycles. The van der Waals surface area contributed by atoms with Crippen LogP contribution in [-0.2, 0) is 45.3 Å². The first-order chi connectivity index (χ1) is 36.6. The lowest BCUT2D eigenvalue weighted by Crippen LogP contribution is -2.39. The van der Waals surface area contributed by atoms with Gasteiger partial charge in [-0.1, -0.05) is 39.3 Å². The number of benzene rings is 4. The van der Waals surface area contributed by atoms with Crippen LogP contribution in [0.1, 0.15) is 86.6 Å². The van der Waals surface area contributed by atoms with E-state index in [0.29, 0.717) is 50.6 Å². The van der Waals surface area contributed by atoms with Crippen molar-refractivity contribution in [2.75, 3.05) is 27.4 Å². The van der Waals surface area contributed by atoms with Crippen LogP contribution in [-0.4, -0.2) is 86.1 Å². The molecular formula is C60H78N8O8Si2+2. The lowest BCUT2D eigenvalue weighted by atomic mass is 10.0. The maximum atomic E-state index is 13.0. The number of ether oxygens (including phenoxy) is 6. The Kier molecular flexibility index (Phi) is 17.5. The summed E-state index contributed by atoms with van der Waals surface area (Å²) in [6.45, 7) is 31.2. The second-order valence-corrected chi connectivity index (χ2v) is 35.6. The summed E-state index contributed by atoms with van der Waals surface area (Å²) < 4.78 is 42.6. The van der Waals surface area contributed by atoms with Gasteiger partial charge >= 0.3 is 12.2 Å². The SMILES string of the molecule is COc1cc(C)c2c(ccn2C(=O)OC(C)(C)C)c1Cc1[nH]c2cc(C#N)ccc2[n+]1COCC[Si](C)(C)C.COc1cc(C)c2c(ccn2C(=O)OC(C)(C)C)c1Cc1[nH]c2ccc(C#N)cc2[n+]1COCC[Si](C)(C)C. The van der Waals surface area contributed by atoms with Crippen LogP contribution < -0.4 is 18.6 Å². The van der Waals surface area contributed by atoms with Crippen molar-refractivity contribution in [1.82, 2.24) is 19.1 Å². The number of H-pyrrole nitrogens is 2. The molecule has 4 heterocycles.